The third-order valence-electron chi connectivity index (χ3n) is 2.29. The van der Waals surface area contributed by atoms with Crippen molar-refractivity contribution in [2.75, 3.05) is 6.26 Å². The third kappa shape index (κ3) is 2.80. The van der Waals surface area contributed by atoms with Crippen molar-refractivity contribution < 1.29 is 18.3 Å². The minimum absolute atomic E-state index is 0.0390. The molecule has 0 bridgehead atoms. The molecule has 0 aliphatic carbocycles. The van der Waals surface area contributed by atoms with E-state index in [2.05, 4.69) is 25.6 Å². The number of aromatic nitrogens is 6. The van der Waals surface area contributed by atoms with Crippen molar-refractivity contribution in [1.82, 2.24) is 30.4 Å². The molecule has 20 heavy (non-hydrogen) atoms. The van der Waals surface area contributed by atoms with E-state index in [1.165, 1.54) is 0 Å². The highest BCUT2D eigenvalue weighted by atomic mass is 32.2. The molecule has 2 rings (SSSR count). The lowest BCUT2D eigenvalue weighted by Crippen LogP contribution is -2.20. The number of hydrogen-bond acceptors (Lipinski definition) is 9. The van der Waals surface area contributed by atoms with E-state index >= 15 is 0 Å². The Bertz CT molecular complexity index is 736. The average Bonchev–Trinajstić information content (AvgIpc) is 2.95. The summed E-state index contributed by atoms with van der Waals surface area (Å²) >= 11 is 0.798. The SMILES string of the molecule is CCC(C(=O)O)n1nnc(-c2nnc(S(C)(=O)=O)s2)n1. The molecule has 10 nitrogen and oxygen atoms in total. The van der Waals surface area contributed by atoms with Crippen molar-refractivity contribution in [3.63, 3.8) is 0 Å². The van der Waals surface area contributed by atoms with Crippen molar-refractivity contribution in [3.8, 4) is 10.8 Å². The monoisotopic (exact) mass is 318 g/mol. The number of rotatable bonds is 5. The molecule has 12 heteroatoms. The summed E-state index contributed by atoms with van der Waals surface area (Å²) in [4.78, 5) is 11.9. The van der Waals surface area contributed by atoms with Gasteiger partial charge in [-0.05, 0) is 11.6 Å². The van der Waals surface area contributed by atoms with Gasteiger partial charge in [0.05, 0.1) is 0 Å². The summed E-state index contributed by atoms with van der Waals surface area (Å²) in [6, 6.07) is -0.932. The lowest BCUT2D eigenvalue weighted by Gasteiger charge is -2.05. The second-order valence-electron chi connectivity index (χ2n) is 3.84. The molecule has 2 aromatic rings. The van der Waals surface area contributed by atoms with E-state index in [1.54, 1.807) is 6.92 Å². The highest BCUT2D eigenvalue weighted by Gasteiger charge is 2.23. The molecule has 2 heterocycles. The first-order valence-corrected chi connectivity index (χ1v) is 8.10. The van der Waals surface area contributed by atoms with Crippen LogP contribution >= 0.6 is 11.3 Å². The second-order valence-corrected chi connectivity index (χ2v) is 7.01. The van der Waals surface area contributed by atoms with Gasteiger partial charge in [-0.2, -0.15) is 0 Å². The van der Waals surface area contributed by atoms with Gasteiger partial charge in [-0.1, -0.05) is 18.3 Å². The first-order chi connectivity index (χ1) is 9.32. The molecule has 0 saturated carbocycles. The van der Waals surface area contributed by atoms with E-state index in [1.807, 2.05) is 0 Å². The highest BCUT2D eigenvalue weighted by Crippen LogP contribution is 2.23. The molecule has 0 aliphatic heterocycles. The number of nitrogens with zero attached hydrogens (tertiary/aromatic N) is 6. The summed E-state index contributed by atoms with van der Waals surface area (Å²) < 4.78 is 22.4. The van der Waals surface area contributed by atoms with E-state index in [4.69, 9.17) is 5.11 Å². The minimum atomic E-state index is -3.45. The molecule has 108 valence electrons. The van der Waals surface area contributed by atoms with Crippen LogP contribution in [0.1, 0.15) is 19.4 Å². The molecular formula is C8H10N6O4S2. The molecule has 1 atom stereocenters. The van der Waals surface area contributed by atoms with Crippen LogP contribution in [0.5, 0.6) is 0 Å². The number of aliphatic carboxylic acids is 1. The molecule has 0 aliphatic rings. The molecule has 1 unspecified atom stereocenters. The van der Waals surface area contributed by atoms with Crippen LogP contribution in [0.2, 0.25) is 0 Å². The van der Waals surface area contributed by atoms with Gasteiger partial charge in [-0.25, -0.2) is 13.2 Å². The fourth-order valence-corrected chi connectivity index (χ4v) is 2.86. The topological polar surface area (TPSA) is 141 Å². The maximum atomic E-state index is 11.3. The van der Waals surface area contributed by atoms with Crippen molar-refractivity contribution in [2.45, 2.75) is 23.7 Å². The zero-order valence-corrected chi connectivity index (χ0v) is 12.1. The summed E-state index contributed by atoms with van der Waals surface area (Å²) in [7, 11) is -3.45. The van der Waals surface area contributed by atoms with Crippen LogP contribution in [0.15, 0.2) is 4.34 Å². The van der Waals surface area contributed by atoms with Crippen LogP contribution in [0.4, 0.5) is 0 Å². The Morgan fingerprint density at radius 3 is 2.60 bits per heavy atom. The Morgan fingerprint density at radius 1 is 1.40 bits per heavy atom. The molecule has 2 aromatic heterocycles. The van der Waals surface area contributed by atoms with E-state index in [-0.39, 0.29) is 21.6 Å². The fraction of sp³-hybridized carbons (Fsp3) is 0.500. The maximum Gasteiger partial charge on any atom is 0.330 e. The van der Waals surface area contributed by atoms with Crippen LogP contribution in [0.3, 0.4) is 0 Å². The number of tetrazole rings is 1. The van der Waals surface area contributed by atoms with Crippen LogP contribution in [-0.4, -0.2) is 56.2 Å². The van der Waals surface area contributed by atoms with Gasteiger partial charge in [0.15, 0.2) is 11.0 Å². The first kappa shape index (κ1) is 14.5. The third-order valence-corrected chi connectivity index (χ3v) is 4.88. The first-order valence-electron chi connectivity index (χ1n) is 5.39. The zero-order valence-electron chi connectivity index (χ0n) is 10.5. The zero-order chi connectivity index (χ0) is 14.9. The molecule has 0 aromatic carbocycles. The molecule has 0 fully saturated rings. The predicted octanol–water partition coefficient (Wildman–Crippen LogP) is -0.369. The predicted molar refractivity (Wildman–Crippen MR) is 66.8 cm³/mol. The molecule has 0 radical (unpaired) electrons. The van der Waals surface area contributed by atoms with Gasteiger partial charge in [0.1, 0.15) is 0 Å². The molecule has 1 N–H and O–H groups in total. The Labute approximate surface area is 117 Å². The Balaban J connectivity index is 2.34. The van der Waals surface area contributed by atoms with Gasteiger partial charge < -0.3 is 5.11 Å². The number of carbonyl (C=O) groups is 1. The number of carboxylic acid groups (broad SMARTS) is 1. The Kier molecular flexibility index (Phi) is 3.76. The van der Waals surface area contributed by atoms with Gasteiger partial charge in [-0.3, -0.25) is 0 Å². The number of hydrogen-bond donors (Lipinski definition) is 1. The second kappa shape index (κ2) is 5.20. The van der Waals surface area contributed by atoms with Crippen LogP contribution < -0.4 is 0 Å². The van der Waals surface area contributed by atoms with Gasteiger partial charge in [0, 0.05) is 6.26 Å². The molecular weight excluding hydrogens is 308 g/mol. The van der Waals surface area contributed by atoms with Crippen molar-refractivity contribution in [1.29, 1.82) is 0 Å². The minimum Gasteiger partial charge on any atom is -0.480 e. The van der Waals surface area contributed by atoms with Crippen LogP contribution in [0.25, 0.3) is 10.8 Å². The summed E-state index contributed by atoms with van der Waals surface area (Å²) in [5, 5.41) is 27.5. The molecule has 0 amide bonds. The van der Waals surface area contributed by atoms with Gasteiger partial charge >= 0.3 is 5.97 Å². The number of carboxylic acids is 1. The molecule has 0 saturated heterocycles. The Morgan fingerprint density at radius 2 is 2.10 bits per heavy atom. The highest BCUT2D eigenvalue weighted by molar-refractivity contribution is 7.92. The van der Waals surface area contributed by atoms with Gasteiger partial charge in [0.25, 0.3) is 0 Å². The van der Waals surface area contributed by atoms with E-state index in [0.717, 1.165) is 22.4 Å². The van der Waals surface area contributed by atoms with Crippen LogP contribution in [-0.2, 0) is 14.6 Å². The van der Waals surface area contributed by atoms with Crippen LogP contribution in [0, 0.1) is 0 Å². The van der Waals surface area contributed by atoms with E-state index in [9.17, 15) is 13.2 Å². The quantitative estimate of drug-likeness (QED) is 0.781. The van der Waals surface area contributed by atoms with E-state index < -0.39 is 21.8 Å². The van der Waals surface area contributed by atoms with E-state index in [0.29, 0.717) is 0 Å². The molecule has 0 spiro atoms. The van der Waals surface area contributed by atoms with Crippen molar-refractivity contribution >= 4 is 27.1 Å². The average molecular weight is 318 g/mol. The normalized spacial score (nSPS) is 13.3. The lowest BCUT2D eigenvalue weighted by atomic mass is 10.2. The summed E-state index contributed by atoms with van der Waals surface area (Å²) in [6.45, 7) is 1.68. The fourth-order valence-electron chi connectivity index (χ4n) is 1.33. The Hall–Kier alpha value is -1.95. The lowest BCUT2D eigenvalue weighted by molar-refractivity contribution is -0.141. The van der Waals surface area contributed by atoms with Crippen molar-refractivity contribution in [2.24, 2.45) is 0 Å². The summed E-state index contributed by atoms with van der Waals surface area (Å²) in [5.41, 5.74) is 0. The van der Waals surface area contributed by atoms with Crippen molar-refractivity contribution in [3.05, 3.63) is 0 Å². The van der Waals surface area contributed by atoms with Gasteiger partial charge in [-0.15, -0.1) is 25.2 Å². The summed E-state index contributed by atoms with van der Waals surface area (Å²) in [5.74, 6) is -1.04. The maximum absolute atomic E-state index is 11.3. The number of sulfone groups is 1. The largest absolute Gasteiger partial charge is 0.480 e. The van der Waals surface area contributed by atoms with Gasteiger partial charge in [0.2, 0.25) is 20.0 Å². The standard InChI is InChI=1S/C8H10N6O4S2/c1-3-4(7(15)16)14-12-5(9-13-14)6-10-11-8(19-6)20(2,17)18/h4H,3H2,1-2H3,(H,15,16). The summed E-state index contributed by atoms with van der Waals surface area (Å²) in [6.07, 6.45) is 1.30. The smallest absolute Gasteiger partial charge is 0.330 e.